The van der Waals surface area contributed by atoms with Crippen LogP contribution in [0.25, 0.3) is 0 Å². The van der Waals surface area contributed by atoms with Crippen LogP contribution in [0.3, 0.4) is 0 Å². The molecule has 0 N–H and O–H groups in total. The van der Waals surface area contributed by atoms with Crippen LogP contribution in [0.15, 0.2) is 24.3 Å². The molecule has 0 radical (unpaired) electrons. The van der Waals surface area contributed by atoms with Crippen LogP contribution in [0.1, 0.15) is 31.2 Å². The van der Waals surface area contributed by atoms with Crippen LogP contribution in [0.4, 0.5) is 0 Å². The molecule has 1 aromatic heterocycles. The minimum atomic E-state index is 0.0426. The summed E-state index contributed by atoms with van der Waals surface area (Å²) in [5.41, 5.74) is 3.07. The summed E-state index contributed by atoms with van der Waals surface area (Å²) in [5, 5.41) is 0. The van der Waals surface area contributed by atoms with E-state index in [1.54, 1.807) is 11.3 Å². The van der Waals surface area contributed by atoms with Crippen molar-refractivity contribution in [2.45, 2.75) is 27.7 Å². The van der Waals surface area contributed by atoms with Gasteiger partial charge in [0.2, 0.25) is 5.78 Å². The van der Waals surface area contributed by atoms with Crippen molar-refractivity contribution < 1.29 is 9.53 Å². The normalized spacial score (nSPS) is 10.5. The van der Waals surface area contributed by atoms with Gasteiger partial charge in [0.15, 0.2) is 6.61 Å². The molecule has 0 atom stereocenters. The Labute approximate surface area is 118 Å². The van der Waals surface area contributed by atoms with Crippen LogP contribution < -0.4 is 4.74 Å². The Bertz CT molecular complexity index is 591. The van der Waals surface area contributed by atoms with E-state index in [4.69, 9.17) is 4.74 Å². The molecule has 0 fully saturated rings. The Morgan fingerprint density at radius 1 is 1.05 bits per heavy atom. The standard InChI is InChI=1S/C16H18O2S/c1-10-5-11(2)7-14(6-10)18-9-16(17)15-8-12(3)19-13(15)4/h5-8H,9H2,1-4H3. The first-order valence-electron chi connectivity index (χ1n) is 6.27. The lowest BCUT2D eigenvalue weighted by molar-refractivity contribution is 0.0921. The maximum Gasteiger partial charge on any atom is 0.201 e. The van der Waals surface area contributed by atoms with Crippen LogP contribution in [0.2, 0.25) is 0 Å². The minimum absolute atomic E-state index is 0.0426. The SMILES string of the molecule is Cc1cc(C)cc(OCC(=O)c2cc(C)sc2C)c1. The summed E-state index contributed by atoms with van der Waals surface area (Å²) < 4.78 is 5.60. The van der Waals surface area contributed by atoms with Gasteiger partial charge in [-0.2, -0.15) is 0 Å². The summed E-state index contributed by atoms with van der Waals surface area (Å²) in [4.78, 5) is 14.3. The van der Waals surface area contributed by atoms with Gasteiger partial charge in [-0.1, -0.05) is 6.07 Å². The van der Waals surface area contributed by atoms with Crippen LogP contribution in [-0.2, 0) is 0 Å². The van der Waals surface area contributed by atoms with Gasteiger partial charge in [0.1, 0.15) is 5.75 Å². The van der Waals surface area contributed by atoms with Crippen molar-refractivity contribution in [1.82, 2.24) is 0 Å². The number of carbonyl (C=O) groups is 1. The summed E-state index contributed by atoms with van der Waals surface area (Å²) in [7, 11) is 0. The number of hydrogen-bond acceptors (Lipinski definition) is 3. The third-order valence-corrected chi connectivity index (χ3v) is 3.87. The molecule has 0 saturated heterocycles. The second-order valence-electron chi connectivity index (χ2n) is 4.86. The number of thiophene rings is 1. The summed E-state index contributed by atoms with van der Waals surface area (Å²) in [6.45, 7) is 8.13. The Balaban J connectivity index is 2.06. The van der Waals surface area contributed by atoms with Gasteiger partial charge in [-0.3, -0.25) is 4.79 Å². The third kappa shape index (κ3) is 3.44. The molecule has 2 nitrogen and oxygen atoms in total. The highest BCUT2D eigenvalue weighted by Gasteiger charge is 2.12. The minimum Gasteiger partial charge on any atom is -0.485 e. The Hall–Kier alpha value is -1.61. The average Bonchev–Trinajstić information content (AvgIpc) is 2.64. The molecular formula is C16H18O2S. The molecule has 0 saturated carbocycles. The number of hydrogen-bond donors (Lipinski definition) is 0. The molecule has 1 heterocycles. The van der Waals surface area contributed by atoms with E-state index in [9.17, 15) is 4.79 Å². The molecule has 19 heavy (non-hydrogen) atoms. The van der Waals surface area contributed by atoms with Crippen LogP contribution in [0.5, 0.6) is 5.75 Å². The number of benzene rings is 1. The van der Waals surface area contributed by atoms with Gasteiger partial charge in [-0.05, 0) is 57.0 Å². The smallest absolute Gasteiger partial charge is 0.201 e. The molecule has 0 aliphatic carbocycles. The molecule has 3 heteroatoms. The maximum absolute atomic E-state index is 12.1. The van der Waals surface area contributed by atoms with E-state index in [0.717, 1.165) is 32.2 Å². The van der Waals surface area contributed by atoms with E-state index in [2.05, 4.69) is 6.07 Å². The fourth-order valence-corrected chi connectivity index (χ4v) is 3.09. The molecular weight excluding hydrogens is 256 g/mol. The van der Waals surface area contributed by atoms with Crippen molar-refractivity contribution in [2.24, 2.45) is 0 Å². The van der Waals surface area contributed by atoms with Crippen molar-refractivity contribution in [3.8, 4) is 5.75 Å². The van der Waals surface area contributed by atoms with E-state index < -0.39 is 0 Å². The number of aryl methyl sites for hydroxylation is 4. The molecule has 0 aliphatic rings. The van der Waals surface area contributed by atoms with Gasteiger partial charge in [0.25, 0.3) is 0 Å². The van der Waals surface area contributed by atoms with Gasteiger partial charge in [0, 0.05) is 15.3 Å². The zero-order chi connectivity index (χ0) is 14.0. The quantitative estimate of drug-likeness (QED) is 0.779. The van der Waals surface area contributed by atoms with Gasteiger partial charge in [-0.25, -0.2) is 0 Å². The van der Waals surface area contributed by atoms with Crippen molar-refractivity contribution in [1.29, 1.82) is 0 Å². The van der Waals surface area contributed by atoms with Gasteiger partial charge in [-0.15, -0.1) is 11.3 Å². The van der Waals surface area contributed by atoms with Crippen molar-refractivity contribution >= 4 is 17.1 Å². The van der Waals surface area contributed by atoms with E-state index in [1.807, 2.05) is 45.9 Å². The van der Waals surface area contributed by atoms with E-state index in [-0.39, 0.29) is 12.4 Å². The highest BCUT2D eigenvalue weighted by Crippen LogP contribution is 2.22. The zero-order valence-electron chi connectivity index (χ0n) is 11.7. The number of carbonyl (C=O) groups excluding carboxylic acids is 1. The monoisotopic (exact) mass is 274 g/mol. The molecule has 0 spiro atoms. The summed E-state index contributed by atoms with van der Waals surface area (Å²) in [6, 6.07) is 7.92. The molecule has 2 aromatic rings. The van der Waals surface area contributed by atoms with Crippen LogP contribution in [-0.4, -0.2) is 12.4 Å². The largest absolute Gasteiger partial charge is 0.485 e. The highest BCUT2D eigenvalue weighted by atomic mass is 32.1. The molecule has 0 unspecified atom stereocenters. The molecule has 0 amide bonds. The van der Waals surface area contributed by atoms with E-state index in [0.29, 0.717) is 0 Å². The summed E-state index contributed by atoms with van der Waals surface area (Å²) >= 11 is 1.65. The highest BCUT2D eigenvalue weighted by molar-refractivity contribution is 7.12. The summed E-state index contributed by atoms with van der Waals surface area (Å²) in [6.07, 6.45) is 0. The van der Waals surface area contributed by atoms with Gasteiger partial charge in [0.05, 0.1) is 0 Å². The number of ketones is 1. The Kier molecular flexibility index (Phi) is 4.05. The lowest BCUT2D eigenvalue weighted by Crippen LogP contribution is -2.11. The number of ether oxygens (including phenoxy) is 1. The Morgan fingerprint density at radius 3 is 2.21 bits per heavy atom. The predicted octanol–water partition coefficient (Wildman–Crippen LogP) is 4.24. The van der Waals surface area contributed by atoms with Crippen LogP contribution >= 0.6 is 11.3 Å². The second kappa shape index (κ2) is 5.57. The van der Waals surface area contributed by atoms with Crippen molar-refractivity contribution in [2.75, 3.05) is 6.61 Å². The summed E-state index contributed by atoms with van der Waals surface area (Å²) in [5.74, 6) is 0.802. The lowest BCUT2D eigenvalue weighted by atomic mass is 10.1. The third-order valence-electron chi connectivity index (χ3n) is 2.91. The molecule has 100 valence electrons. The molecule has 1 aromatic carbocycles. The van der Waals surface area contributed by atoms with Crippen molar-refractivity contribution in [3.05, 3.63) is 50.7 Å². The zero-order valence-corrected chi connectivity index (χ0v) is 12.6. The van der Waals surface area contributed by atoms with Gasteiger partial charge < -0.3 is 4.74 Å². The van der Waals surface area contributed by atoms with E-state index in [1.165, 1.54) is 0 Å². The number of Topliss-reactive ketones (excluding diaryl/α,β-unsaturated/α-hetero) is 1. The molecule has 0 bridgehead atoms. The van der Waals surface area contributed by atoms with Crippen molar-refractivity contribution in [3.63, 3.8) is 0 Å². The van der Waals surface area contributed by atoms with Gasteiger partial charge >= 0.3 is 0 Å². The van der Waals surface area contributed by atoms with E-state index >= 15 is 0 Å². The predicted molar refractivity (Wildman–Crippen MR) is 79.5 cm³/mol. The second-order valence-corrected chi connectivity index (χ2v) is 6.32. The topological polar surface area (TPSA) is 26.3 Å². The maximum atomic E-state index is 12.1. The lowest BCUT2D eigenvalue weighted by Gasteiger charge is -2.07. The first kappa shape index (κ1) is 13.8. The fraction of sp³-hybridized carbons (Fsp3) is 0.312. The first-order valence-corrected chi connectivity index (χ1v) is 7.08. The molecule has 0 aliphatic heterocycles. The van der Waals surface area contributed by atoms with Crippen LogP contribution in [0, 0.1) is 27.7 Å². The number of rotatable bonds is 4. The Morgan fingerprint density at radius 2 is 1.68 bits per heavy atom. The molecule has 2 rings (SSSR count). The average molecular weight is 274 g/mol. The first-order chi connectivity index (χ1) is 8.95. The fourth-order valence-electron chi connectivity index (χ4n) is 2.15.